The van der Waals surface area contributed by atoms with Crippen molar-refractivity contribution in [1.82, 2.24) is 9.80 Å². The fraction of sp³-hybridized carbons (Fsp3) is 0.750. The molecule has 0 radical (unpaired) electrons. The van der Waals surface area contributed by atoms with E-state index in [9.17, 15) is 5.11 Å². The number of fused-ring (bicyclic) bond motifs is 2. The second-order valence-electron chi connectivity index (χ2n) is 13.4. The standard InChI is InChI=1S/C32H46N2O3S/c1-20-3-7-29(23-11-13-36-17-23)33-16-22(5-9-27(20)33)31-15-25(19-38-31)26-6-10-28-21(2)4-8-30(34(28)32(26)35)24-12-14-37-18-24/h11-14,17-18,20-22,25-32,35H,3-10,15-16,19H2,1-2H3. The van der Waals surface area contributed by atoms with Crippen molar-refractivity contribution in [3.8, 4) is 0 Å². The van der Waals surface area contributed by atoms with Gasteiger partial charge in [0.15, 0.2) is 0 Å². The number of rotatable bonds is 4. The van der Waals surface area contributed by atoms with Crippen LogP contribution in [0.15, 0.2) is 46.0 Å². The van der Waals surface area contributed by atoms with E-state index < -0.39 is 0 Å². The summed E-state index contributed by atoms with van der Waals surface area (Å²) in [7, 11) is 0. The summed E-state index contributed by atoms with van der Waals surface area (Å²) in [4.78, 5) is 5.38. The van der Waals surface area contributed by atoms with E-state index in [0.717, 1.165) is 29.5 Å². The molecule has 1 N–H and O–H groups in total. The van der Waals surface area contributed by atoms with E-state index in [1.807, 2.05) is 18.8 Å². The Labute approximate surface area is 232 Å². The maximum Gasteiger partial charge on any atom is 0.111 e. The van der Waals surface area contributed by atoms with Crippen LogP contribution in [-0.4, -0.2) is 50.8 Å². The fourth-order valence-electron chi connectivity index (χ4n) is 9.35. The van der Waals surface area contributed by atoms with Gasteiger partial charge < -0.3 is 13.9 Å². The van der Waals surface area contributed by atoms with Crippen LogP contribution in [0, 0.1) is 29.6 Å². The lowest BCUT2D eigenvalue weighted by Gasteiger charge is -2.54. The molecule has 5 saturated heterocycles. The molecule has 5 aliphatic heterocycles. The van der Waals surface area contributed by atoms with Crippen molar-refractivity contribution in [1.29, 1.82) is 0 Å². The maximum absolute atomic E-state index is 11.9. The maximum atomic E-state index is 11.9. The highest BCUT2D eigenvalue weighted by atomic mass is 32.2. The van der Waals surface area contributed by atoms with Gasteiger partial charge >= 0.3 is 0 Å². The highest BCUT2D eigenvalue weighted by molar-refractivity contribution is 8.00. The number of hydrogen-bond acceptors (Lipinski definition) is 6. The van der Waals surface area contributed by atoms with Crippen LogP contribution in [0.3, 0.4) is 0 Å². The van der Waals surface area contributed by atoms with Crippen LogP contribution in [-0.2, 0) is 0 Å². The van der Waals surface area contributed by atoms with Crippen molar-refractivity contribution >= 4 is 11.8 Å². The van der Waals surface area contributed by atoms with Crippen molar-refractivity contribution < 1.29 is 13.9 Å². The van der Waals surface area contributed by atoms with E-state index in [-0.39, 0.29) is 6.23 Å². The minimum absolute atomic E-state index is 0.300. The van der Waals surface area contributed by atoms with Crippen LogP contribution >= 0.6 is 11.8 Å². The van der Waals surface area contributed by atoms with Gasteiger partial charge in [0.1, 0.15) is 6.23 Å². The Kier molecular flexibility index (Phi) is 7.21. The van der Waals surface area contributed by atoms with Gasteiger partial charge in [-0.25, -0.2) is 0 Å². The lowest BCUT2D eigenvalue weighted by Crippen LogP contribution is -2.58. The first kappa shape index (κ1) is 25.7. The molecule has 2 aromatic rings. The molecule has 0 bridgehead atoms. The molecule has 5 aliphatic rings. The van der Waals surface area contributed by atoms with Crippen molar-refractivity contribution in [3.63, 3.8) is 0 Å². The van der Waals surface area contributed by atoms with Gasteiger partial charge in [-0.15, -0.1) is 0 Å². The number of piperidine rings is 4. The molecule has 0 aromatic carbocycles. The Morgan fingerprint density at radius 3 is 2.21 bits per heavy atom. The molecule has 5 nitrogen and oxygen atoms in total. The van der Waals surface area contributed by atoms with Gasteiger partial charge in [0.05, 0.1) is 25.1 Å². The predicted molar refractivity (Wildman–Crippen MR) is 152 cm³/mol. The molecule has 0 saturated carbocycles. The molecular weight excluding hydrogens is 492 g/mol. The van der Waals surface area contributed by atoms with Gasteiger partial charge in [0.2, 0.25) is 0 Å². The van der Waals surface area contributed by atoms with Crippen molar-refractivity contribution in [2.24, 2.45) is 29.6 Å². The van der Waals surface area contributed by atoms with E-state index in [0.29, 0.717) is 35.9 Å². The largest absolute Gasteiger partial charge is 0.472 e. The van der Waals surface area contributed by atoms with Gasteiger partial charge in [0.25, 0.3) is 0 Å². The van der Waals surface area contributed by atoms with Crippen LogP contribution in [0.1, 0.15) is 94.8 Å². The van der Waals surface area contributed by atoms with Crippen molar-refractivity contribution in [2.45, 2.75) is 107 Å². The van der Waals surface area contributed by atoms with Crippen LogP contribution in [0.2, 0.25) is 0 Å². The van der Waals surface area contributed by atoms with E-state index in [4.69, 9.17) is 8.83 Å². The summed E-state index contributed by atoms with van der Waals surface area (Å²) in [5, 5.41) is 12.6. The van der Waals surface area contributed by atoms with Crippen LogP contribution < -0.4 is 0 Å². The number of aliphatic hydroxyl groups is 1. The quantitative estimate of drug-likeness (QED) is 0.447. The summed E-state index contributed by atoms with van der Waals surface area (Å²) in [6.07, 6.45) is 18.6. The summed E-state index contributed by atoms with van der Waals surface area (Å²) < 4.78 is 11.0. The lowest BCUT2D eigenvalue weighted by atomic mass is 9.72. The van der Waals surface area contributed by atoms with E-state index in [1.165, 1.54) is 74.8 Å². The van der Waals surface area contributed by atoms with Gasteiger partial charge in [-0.1, -0.05) is 13.8 Å². The zero-order valence-electron chi connectivity index (χ0n) is 23.2. The third-order valence-corrected chi connectivity index (χ3v) is 13.1. The lowest BCUT2D eigenvalue weighted by molar-refractivity contribution is -0.156. The monoisotopic (exact) mass is 538 g/mol. The fourth-order valence-corrected chi connectivity index (χ4v) is 11.1. The molecule has 38 heavy (non-hydrogen) atoms. The van der Waals surface area contributed by atoms with Crippen LogP contribution in [0.4, 0.5) is 0 Å². The first-order valence-corrected chi connectivity index (χ1v) is 16.5. The molecule has 11 unspecified atom stereocenters. The smallest absolute Gasteiger partial charge is 0.111 e. The Morgan fingerprint density at radius 1 is 0.789 bits per heavy atom. The zero-order chi connectivity index (χ0) is 25.8. The zero-order valence-corrected chi connectivity index (χ0v) is 24.0. The molecule has 5 fully saturated rings. The average molecular weight is 539 g/mol. The molecule has 7 rings (SSSR count). The summed E-state index contributed by atoms with van der Waals surface area (Å²) in [6.45, 7) is 6.10. The predicted octanol–water partition coefficient (Wildman–Crippen LogP) is 7.12. The highest BCUT2D eigenvalue weighted by Crippen LogP contribution is 2.52. The van der Waals surface area contributed by atoms with Gasteiger partial charge in [-0.2, -0.15) is 11.8 Å². The van der Waals surface area contributed by atoms with Crippen LogP contribution in [0.25, 0.3) is 0 Å². The molecular formula is C32H46N2O3S. The summed E-state index contributed by atoms with van der Waals surface area (Å²) in [5.74, 6) is 4.47. The molecule has 11 atom stereocenters. The molecule has 7 heterocycles. The summed E-state index contributed by atoms with van der Waals surface area (Å²) in [6, 6.07) is 6.35. The second kappa shape index (κ2) is 10.6. The van der Waals surface area contributed by atoms with Crippen molar-refractivity contribution in [2.75, 3.05) is 12.3 Å². The Morgan fingerprint density at radius 2 is 1.47 bits per heavy atom. The first-order chi connectivity index (χ1) is 18.6. The summed E-state index contributed by atoms with van der Waals surface area (Å²) >= 11 is 2.23. The first-order valence-electron chi connectivity index (χ1n) is 15.5. The van der Waals surface area contributed by atoms with E-state index in [2.05, 4.69) is 47.5 Å². The molecule has 208 valence electrons. The van der Waals surface area contributed by atoms with E-state index in [1.54, 1.807) is 6.26 Å². The SMILES string of the molecule is CC1CCC(c2ccoc2)N2CC(C3CC(C4CCC5C(C)CCC(c6ccoc6)N5C4O)CS3)CCC12. The number of hydrogen-bond donors (Lipinski definition) is 1. The Balaban J connectivity index is 1.04. The Hall–Kier alpha value is -1.21. The Bertz CT molecular complexity index is 1040. The second-order valence-corrected chi connectivity index (χ2v) is 14.7. The van der Waals surface area contributed by atoms with E-state index >= 15 is 0 Å². The summed E-state index contributed by atoms with van der Waals surface area (Å²) in [5.41, 5.74) is 2.63. The topological polar surface area (TPSA) is 53.0 Å². The molecule has 2 aromatic heterocycles. The number of thioether (sulfide) groups is 1. The molecule has 0 spiro atoms. The third kappa shape index (κ3) is 4.52. The normalized spacial score (nSPS) is 44.6. The molecule has 0 amide bonds. The minimum atomic E-state index is -0.329. The van der Waals surface area contributed by atoms with Crippen molar-refractivity contribution in [3.05, 3.63) is 48.3 Å². The van der Waals surface area contributed by atoms with Gasteiger partial charge in [0, 0.05) is 53.0 Å². The highest BCUT2D eigenvalue weighted by Gasteiger charge is 2.50. The average Bonchev–Trinajstić information content (AvgIpc) is 3.73. The van der Waals surface area contributed by atoms with Crippen LogP contribution in [0.5, 0.6) is 0 Å². The van der Waals surface area contributed by atoms with Gasteiger partial charge in [-0.05, 0) is 99.3 Å². The third-order valence-electron chi connectivity index (χ3n) is 11.5. The minimum Gasteiger partial charge on any atom is -0.472 e. The molecule has 0 aliphatic carbocycles. The molecule has 6 heteroatoms. The number of furan rings is 2. The number of nitrogens with zero attached hydrogens (tertiary/aromatic N) is 2. The van der Waals surface area contributed by atoms with Gasteiger partial charge in [-0.3, -0.25) is 9.80 Å². The number of aliphatic hydroxyl groups excluding tert-OH is 1.